The Morgan fingerprint density at radius 2 is 1.86 bits per heavy atom. The molecule has 5 heteroatoms. The van der Waals surface area contributed by atoms with Crippen LogP contribution in [0, 0.1) is 5.92 Å². The summed E-state index contributed by atoms with van der Waals surface area (Å²) in [5, 5.41) is 5.81. The van der Waals surface area contributed by atoms with E-state index in [4.69, 9.17) is 0 Å². The minimum Gasteiger partial charge on any atom is -0.338 e. The molecule has 148 valence electrons. The van der Waals surface area contributed by atoms with E-state index in [1.165, 1.54) is 11.1 Å². The van der Waals surface area contributed by atoms with Crippen molar-refractivity contribution < 1.29 is 9.59 Å². The number of rotatable bonds is 6. The van der Waals surface area contributed by atoms with Crippen LogP contribution in [0.2, 0.25) is 0 Å². The molecule has 0 bridgehead atoms. The maximum atomic E-state index is 12.3. The predicted molar refractivity (Wildman–Crippen MR) is 112 cm³/mol. The number of nitrogens with one attached hydrogen (secondary N) is 2. The number of benzene rings is 2. The number of hydrogen-bond acceptors (Lipinski definition) is 2. The number of nitrogens with zero attached hydrogens (tertiary/aromatic N) is 1. The number of hydrogen-bond donors (Lipinski definition) is 2. The minimum absolute atomic E-state index is 0.00419. The Labute approximate surface area is 167 Å². The van der Waals surface area contributed by atoms with Gasteiger partial charge in [0.2, 0.25) is 5.91 Å². The highest BCUT2D eigenvalue weighted by Crippen LogP contribution is 2.23. The van der Waals surface area contributed by atoms with Gasteiger partial charge in [0, 0.05) is 31.2 Å². The summed E-state index contributed by atoms with van der Waals surface area (Å²) in [6.07, 6.45) is 2.70. The van der Waals surface area contributed by atoms with Gasteiger partial charge in [-0.05, 0) is 48.1 Å². The molecule has 2 aromatic rings. The molecule has 0 radical (unpaired) electrons. The summed E-state index contributed by atoms with van der Waals surface area (Å²) >= 11 is 0. The van der Waals surface area contributed by atoms with E-state index in [0.29, 0.717) is 13.1 Å². The van der Waals surface area contributed by atoms with Crippen molar-refractivity contribution in [3.63, 3.8) is 0 Å². The van der Waals surface area contributed by atoms with Crippen molar-refractivity contribution in [3.8, 4) is 0 Å². The molecule has 1 aliphatic rings. The van der Waals surface area contributed by atoms with Crippen molar-refractivity contribution in [1.82, 2.24) is 10.2 Å². The predicted octanol–water partition coefficient (Wildman–Crippen LogP) is 3.98. The normalized spacial score (nSPS) is 13.2. The molecule has 1 aliphatic heterocycles. The van der Waals surface area contributed by atoms with E-state index in [-0.39, 0.29) is 17.9 Å². The molecule has 0 fully saturated rings. The van der Waals surface area contributed by atoms with E-state index >= 15 is 0 Å². The molecule has 0 aliphatic carbocycles. The molecule has 2 N–H and O–H groups in total. The van der Waals surface area contributed by atoms with E-state index in [1.807, 2.05) is 49.1 Å². The molecule has 0 spiro atoms. The Morgan fingerprint density at radius 1 is 1.07 bits per heavy atom. The molecule has 3 rings (SSSR count). The van der Waals surface area contributed by atoms with Crippen molar-refractivity contribution in [2.75, 3.05) is 18.4 Å². The Balaban J connectivity index is 1.49. The average Bonchev–Trinajstić information content (AvgIpc) is 2.71. The third kappa shape index (κ3) is 5.35. The van der Waals surface area contributed by atoms with Gasteiger partial charge in [-0.3, -0.25) is 4.79 Å². The number of amides is 3. The first-order valence-corrected chi connectivity index (χ1v) is 10.0. The first kappa shape index (κ1) is 19.9. The molecule has 28 heavy (non-hydrogen) atoms. The fourth-order valence-corrected chi connectivity index (χ4v) is 3.50. The number of fused-ring (bicyclic) bond motifs is 1. The molecular formula is C23H29N3O2. The lowest BCUT2D eigenvalue weighted by Crippen LogP contribution is -2.38. The Hall–Kier alpha value is -2.82. The highest BCUT2D eigenvalue weighted by Gasteiger charge is 2.22. The number of anilines is 1. The lowest BCUT2D eigenvalue weighted by Gasteiger charge is -2.30. The van der Waals surface area contributed by atoms with Gasteiger partial charge in [0.15, 0.2) is 0 Å². The first-order valence-electron chi connectivity index (χ1n) is 10.0. The maximum Gasteiger partial charge on any atom is 0.319 e. The van der Waals surface area contributed by atoms with Crippen LogP contribution in [0.4, 0.5) is 10.5 Å². The summed E-state index contributed by atoms with van der Waals surface area (Å²) in [5.74, 6) is 0.185. The van der Waals surface area contributed by atoms with Crippen LogP contribution >= 0.6 is 0 Å². The van der Waals surface area contributed by atoms with Crippen LogP contribution in [0.3, 0.4) is 0 Å². The zero-order valence-corrected chi connectivity index (χ0v) is 16.7. The van der Waals surface area contributed by atoms with Crippen LogP contribution in [-0.2, 0) is 24.2 Å². The molecule has 1 heterocycles. The van der Waals surface area contributed by atoms with E-state index < -0.39 is 0 Å². The monoisotopic (exact) mass is 379 g/mol. The molecule has 0 aromatic heterocycles. The topological polar surface area (TPSA) is 61.4 Å². The Bertz CT molecular complexity index is 818. The quantitative estimate of drug-likeness (QED) is 0.746. The molecule has 0 saturated heterocycles. The van der Waals surface area contributed by atoms with Gasteiger partial charge in [-0.2, -0.15) is 0 Å². The van der Waals surface area contributed by atoms with Crippen molar-refractivity contribution in [3.05, 3.63) is 65.2 Å². The van der Waals surface area contributed by atoms with Gasteiger partial charge < -0.3 is 15.5 Å². The van der Waals surface area contributed by atoms with Crippen molar-refractivity contribution in [1.29, 1.82) is 0 Å². The third-order valence-electron chi connectivity index (χ3n) is 5.05. The second-order valence-electron chi connectivity index (χ2n) is 7.62. The fourth-order valence-electron chi connectivity index (χ4n) is 3.50. The van der Waals surface area contributed by atoms with Gasteiger partial charge in [-0.1, -0.05) is 50.2 Å². The lowest BCUT2D eigenvalue weighted by atomic mass is 9.98. The van der Waals surface area contributed by atoms with Crippen molar-refractivity contribution in [2.45, 2.75) is 39.7 Å². The summed E-state index contributed by atoms with van der Waals surface area (Å²) in [4.78, 5) is 26.3. The van der Waals surface area contributed by atoms with Gasteiger partial charge in [0.05, 0.1) is 0 Å². The zero-order chi connectivity index (χ0) is 19.9. The molecule has 5 nitrogen and oxygen atoms in total. The second kappa shape index (κ2) is 9.40. The molecule has 0 unspecified atom stereocenters. The largest absolute Gasteiger partial charge is 0.338 e. The number of carbonyl (C=O) groups is 2. The van der Waals surface area contributed by atoms with Crippen LogP contribution in [0.25, 0.3) is 0 Å². The summed E-state index contributed by atoms with van der Waals surface area (Å²) in [6.45, 7) is 5.86. The zero-order valence-electron chi connectivity index (χ0n) is 16.7. The van der Waals surface area contributed by atoms with Gasteiger partial charge in [-0.15, -0.1) is 0 Å². The average molecular weight is 380 g/mol. The standard InChI is InChI=1S/C23H29N3O2/c1-17(2)22(27)26-14-12-19-10-11-21(15-20(19)16-26)25-23(28)24-13-6-9-18-7-4-3-5-8-18/h3-5,7-8,10-11,15,17H,6,9,12-14,16H2,1-2H3,(H2,24,25,28). The van der Waals surface area contributed by atoms with Gasteiger partial charge in [0.1, 0.15) is 0 Å². The smallest absolute Gasteiger partial charge is 0.319 e. The molecule has 3 amide bonds. The number of carbonyl (C=O) groups excluding carboxylic acids is 2. The summed E-state index contributed by atoms with van der Waals surface area (Å²) in [7, 11) is 0. The highest BCUT2D eigenvalue weighted by atomic mass is 16.2. The molecule has 0 atom stereocenters. The van der Waals surface area contributed by atoms with Crippen LogP contribution in [0.5, 0.6) is 0 Å². The van der Waals surface area contributed by atoms with Crippen LogP contribution in [-0.4, -0.2) is 29.9 Å². The third-order valence-corrected chi connectivity index (χ3v) is 5.05. The second-order valence-corrected chi connectivity index (χ2v) is 7.62. The number of aryl methyl sites for hydroxylation is 1. The first-order chi connectivity index (χ1) is 13.5. The fraction of sp³-hybridized carbons (Fsp3) is 0.391. The van der Waals surface area contributed by atoms with E-state index in [0.717, 1.165) is 37.1 Å². The molecule has 2 aromatic carbocycles. The highest BCUT2D eigenvalue weighted by molar-refractivity contribution is 5.89. The summed E-state index contributed by atoms with van der Waals surface area (Å²) in [5.41, 5.74) is 4.40. The van der Waals surface area contributed by atoms with E-state index in [1.54, 1.807) is 0 Å². The van der Waals surface area contributed by atoms with Crippen LogP contribution < -0.4 is 10.6 Å². The van der Waals surface area contributed by atoms with E-state index in [2.05, 4.69) is 28.8 Å². The molecular weight excluding hydrogens is 350 g/mol. The SMILES string of the molecule is CC(C)C(=O)N1CCc2ccc(NC(=O)NCCCc3ccccc3)cc2C1. The van der Waals surface area contributed by atoms with E-state index in [9.17, 15) is 9.59 Å². The van der Waals surface area contributed by atoms with Crippen LogP contribution in [0.1, 0.15) is 37.0 Å². The summed E-state index contributed by atoms with van der Waals surface area (Å²) < 4.78 is 0. The Kier molecular flexibility index (Phi) is 6.69. The van der Waals surface area contributed by atoms with Crippen molar-refractivity contribution >= 4 is 17.6 Å². The number of urea groups is 1. The van der Waals surface area contributed by atoms with Crippen LogP contribution in [0.15, 0.2) is 48.5 Å². The van der Waals surface area contributed by atoms with Gasteiger partial charge in [-0.25, -0.2) is 4.79 Å². The molecule has 0 saturated carbocycles. The Morgan fingerprint density at radius 3 is 2.61 bits per heavy atom. The minimum atomic E-state index is -0.195. The van der Waals surface area contributed by atoms with Gasteiger partial charge >= 0.3 is 6.03 Å². The summed E-state index contributed by atoms with van der Waals surface area (Å²) in [6, 6.07) is 16.0. The van der Waals surface area contributed by atoms with Crippen molar-refractivity contribution in [2.24, 2.45) is 5.92 Å². The maximum absolute atomic E-state index is 12.3. The van der Waals surface area contributed by atoms with Gasteiger partial charge in [0.25, 0.3) is 0 Å². The lowest BCUT2D eigenvalue weighted by molar-refractivity contribution is -0.135.